The number of pyridine rings is 1. The van der Waals surface area contributed by atoms with Gasteiger partial charge in [0.05, 0.1) is 10.7 Å². The molecule has 96 valence electrons. The second-order valence-corrected chi connectivity index (χ2v) is 5.41. The van der Waals surface area contributed by atoms with Gasteiger partial charge in [-0.25, -0.2) is 0 Å². The van der Waals surface area contributed by atoms with Crippen LogP contribution in [-0.4, -0.2) is 14.6 Å². The Morgan fingerprint density at radius 2 is 2.11 bits per heavy atom. The van der Waals surface area contributed by atoms with Crippen LogP contribution in [0.25, 0.3) is 5.65 Å². The van der Waals surface area contributed by atoms with Crippen LogP contribution in [0.15, 0.2) is 47.8 Å². The first kappa shape index (κ1) is 12.3. The minimum absolute atomic E-state index is 0.585. The molecule has 0 radical (unpaired) electrons. The minimum Gasteiger partial charge on any atom is -0.398 e. The molecule has 6 heteroatoms. The van der Waals surface area contributed by atoms with E-state index in [9.17, 15) is 0 Å². The lowest BCUT2D eigenvalue weighted by atomic mass is 10.2. The third-order valence-corrected chi connectivity index (χ3v) is 4.07. The predicted octanol–water partition coefficient (Wildman–Crippen LogP) is 3.26. The summed E-state index contributed by atoms with van der Waals surface area (Å²) in [5.74, 6) is 0.775. The van der Waals surface area contributed by atoms with Crippen LogP contribution in [0.3, 0.4) is 0 Å². The number of nitrogens with two attached hydrogens (primary N) is 1. The molecule has 0 aliphatic carbocycles. The second kappa shape index (κ2) is 5.11. The van der Waals surface area contributed by atoms with Crippen molar-refractivity contribution < 1.29 is 0 Å². The molecule has 0 bridgehead atoms. The molecule has 2 N–H and O–H groups in total. The Labute approximate surface area is 119 Å². The minimum atomic E-state index is 0.585. The van der Waals surface area contributed by atoms with E-state index in [0.717, 1.165) is 22.1 Å². The van der Waals surface area contributed by atoms with E-state index in [-0.39, 0.29) is 0 Å². The number of hydrogen-bond acceptors (Lipinski definition) is 4. The first-order chi connectivity index (χ1) is 9.24. The molecule has 4 nitrogen and oxygen atoms in total. The monoisotopic (exact) mass is 290 g/mol. The van der Waals surface area contributed by atoms with Crippen LogP contribution in [0.1, 0.15) is 5.56 Å². The maximum absolute atomic E-state index is 5.90. The Balaban J connectivity index is 1.80. The van der Waals surface area contributed by atoms with Crippen molar-refractivity contribution in [1.82, 2.24) is 14.6 Å². The SMILES string of the molecule is Nc1cc(CSc2nnc3ccccn23)ccc1Cl. The summed E-state index contributed by atoms with van der Waals surface area (Å²) in [6, 6.07) is 11.5. The van der Waals surface area contributed by atoms with Crippen LogP contribution >= 0.6 is 23.4 Å². The lowest BCUT2D eigenvalue weighted by molar-refractivity contribution is 0.921. The molecule has 0 aliphatic heterocycles. The van der Waals surface area contributed by atoms with Crippen LogP contribution in [-0.2, 0) is 5.75 Å². The van der Waals surface area contributed by atoms with Crippen LogP contribution in [0.5, 0.6) is 0 Å². The van der Waals surface area contributed by atoms with Gasteiger partial charge in [-0.2, -0.15) is 0 Å². The summed E-state index contributed by atoms with van der Waals surface area (Å²) >= 11 is 7.52. The summed E-state index contributed by atoms with van der Waals surface area (Å²) in [6.07, 6.45) is 1.95. The number of anilines is 1. The number of rotatable bonds is 3. The van der Waals surface area contributed by atoms with Crippen LogP contribution in [0.4, 0.5) is 5.69 Å². The number of aromatic nitrogens is 3. The molecular weight excluding hydrogens is 280 g/mol. The van der Waals surface area contributed by atoms with Crippen molar-refractivity contribution in [3.05, 3.63) is 53.2 Å². The van der Waals surface area contributed by atoms with Crippen molar-refractivity contribution in [3.8, 4) is 0 Å². The van der Waals surface area contributed by atoms with Gasteiger partial charge in [-0.1, -0.05) is 35.5 Å². The number of halogens is 1. The normalized spacial score (nSPS) is 11.0. The predicted molar refractivity (Wildman–Crippen MR) is 78.4 cm³/mol. The Kier molecular flexibility index (Phi) is 3.31. The van der Waals surface area contributed by atoms with Crippen LogP contribution in [0.2, 0.25) is 5.02 Å². The van der Waals surface area contributed by atoms with Gasteiger partial charge in [0.1, 0.15) is 0 Å². The highest BCUT2D eigenvalue weighted by Gasteiger charge is 2.06. The molecule has 0 unspecified atom stereocenters. The van der Waals surface area contributed by atoms with E-state index in [1.807, 2.05) is 47.0 Å². The number of thioether (sulfide) groups is 1. The van der Waals surface area contributed by atoms with Gasteiger partial charge >= 0.3 is 0 Å². The fourth-order valence-electron chi connectivity index (χ4n) is 1.75. The van der Waals surface area contributed by atoms with Gasteiger partial charge in [0.25, 0.3) is 0 Å². The standard InChI is InChI=1S/C13H11ClN4S/c14-10-5-4-9(7-11(10)15)8-19-13-17-16-12-3-1-2-6-18(12)13/h1-7H,8,15H2. The molecule has 0 amide bonds. The molecule has 0 saturated heterocycles. The molecule has 19 heavy (non-hydrogen) atoms. The molecule has 0 atom stereocenters. The van der Waals surface area contributed by atoms with Crippen molar-refractivity contribution in [1.29, 1.82) is 0 Å². The highest BCUT2D eigenvalue weighted by molar-refractivity contribution is 7.98. The van der Waals surface area contributed by atoms with Crippen molar-refractivity contribution in [2.24, 2.45) is 0 Å². The van der Waals surface area contributed by atoms with E-state index in [1.54, 1.807) is 11.8 Å². The fraction of sp³-hybridized carbons (Fsp3) is 0.0769. The van der Waals surface area contributed by atoms with Gasteiger partial charge in [0, 0.05) is 11.9 Å². The molecule has 1 aromatic carbocycles. The summed E-state index contributed by atoms with van der Waals surface area (Å²) in [4.78, 5) is 0. The molecule has 2 aromatic heterocycles. The van der Waals surface area contributed by atoms with E-state index >= 15 is 0 Å². The van der Waals surface area contributed by atoms with Crippen LogP contribution < -0.4 is 5.73 Å². The molecule has 0 spiro atoms. The summed E-state index contributed by atoms with van der Waals surface area (Å²) in [6.45, 7) is 0. The number of hydrogen-bond donors (Lipinski definition) is 1. The summed E-state index contributed by atoms with van der Waals surface area (Å²) in [7, 11) is 0. The average Bonchev–Trinajstić information content (AvgIpc) is 2.83. The van der Waals surface area contributed by atoms with E-state index in [0.29, 0.717) is 10.7 Å². The van der Waals surface area contributed by atoms with Gasteiger partial charge in [-0.3, -0.25) is 4.40 Å². The number of benzene rings is 1. The average molecular weight is 291 g/mol. The first-order valence-electron chi connectivity index (χ1n) is 5.70. The Morgan fingerprint density at radius 3 is 2.95 bits per heavy atom. The smallest absolute Gasteiger partial charge is 0.195 e. The van der Waals surface area contributed by atoms with Crippen molar-refractivity contribution >= 4 is 34.7 Å². The second-order valence-electron chi connectivity index (χ2n) is 4.06. The van der Waals surface area contributed by atoms with E-state index in [1.165, 1.54) is 0 Å². The van der Waals surface area contributed by atoms with Crippen LogP contribution in [0, 0.1) is 0 Å². The molecule has 0 fully saturated rings. The number of nitrogens with zero attached hydrogens (tertiary/aromatic N) is 3. The molecular formula is C13H11ClN4S. The van der Waals surface area contributed by atoms with Gasteiger partial charge < -0.3 is 5.73 Å². The highest BCUT2D eigenvalue weighted by Crippen LogP contribution is 2.25. The topological polar surface area (TPSA) is 56.2 Å². The zero-order valence-electron chi connectivity index (χ0n) is 9.95. The van der Waals surface area contributed by atoms with Gasteiger partial charge in [-0.15, -0.1) is 10.2 Å². The molecule has 0 saturated carbocycles. The van der Waals surface area contributed by atoms with E-state index in [4.69, 9.17) is 17.3 Å². The van der Waals surface area contributed by atoms with Crippen molar-refractivity contribution in [2.45, 2.75) is 10.9 Å². The number of fused-ring (bicyclic) bond motifs is 1. The lowest BCUT2D eigenvalue weighted by Crippen LogP contribution is -1.90. The summed E-state index contributed by atoms with van der Waals surface area (Å²) in [5.41, 5.74) is 8.35. The Morgan fingerprint density at radius 1 is 1.21 bits per heavy atom. The highest BCUT2D eigenvalue weighted by atomic mass is 35.5. The fourth-order valence-corrected chi connectivity index (χ4v) is 2.73. The Hall–Kier alpha value is -1.72. The van der Waals surface area contributed by atoms with E-state index < -0.39 is 0 Å². The summed E-state index contributed by atoms with van der Waals surface area (Å²) < 4.78 is 1.96. The zero-order valence-corrected chi connectivity index (χ0v) is 11.5. The molecule has 0 aliphatic rings. The lowest BCUT2D eigenvalue weighted by Gasteiger charge is -2.03. The summed E-state index contributed by atoms with van der Waals surface area (Å²) in [5, 5.41) is 9.73. The van der Waals surface area contributed by atoms with Gasteiger partial charge in [-0.05, 0) is 29.8 Å². The molecule has 3 rings (SSSR count). The van der Waals surface area contributed by atoms with Gasteiger partial charge in [0.15, 0.2) is 10.8 Å². The maximum Gasteiger partial charge on any atom is 0.195 e. The number of nitrogen functional groups attached to an aromatic ring is 1. The first-order valence-corrected chi connectivity index (χ1v) is 7.07. The quantitative estimate of drug-likeness (QED) is 0.594. The van der Waals surface area contributed by atoms with Gasteiger partial charge in [0.2, 0.25) is 0 Å². The molecule has 2 heterocycles. The maximum atomic E-state index is 5.90. The van der Waals surface area contributed by atoms with Crippen molar-refractivity contribution in [2.75, 3.05) is 5.73 Å². The third-order valence-electron chi connectivity index (χ3n) is 2.71. The largest absolute Gasteiger partial charge is 0.398 e. The molecule has 3 aromatic rings. The zero-order chi connectivity index (χ0) is 13.2. The third kappa shape index (κ3) is 2.52. The Bertz CT molecular complexity index is 725. The van der Waals surface area contributed by atoms with Crippen molar-refractivity contribution in [3.63, 3.8) is 0 Å². The van der Waals surface area contributed by atoms with E-state index in [2.05, 4.69) is 10.2 Å².